The Morgan fingerprint density at radius 3 is 2.86 bits per heavy atom. The topological polar surface area (TPSA) is 47.9 Å². The molecule has 3 aliphatic heterocycles. The second kappa shape index (κ2) is 7.28. The Labute approximate surface area is 177 Å². The van der Waals surface area contributed by atoms with Gasteiger partial charge in [-0.15, -0.1) is 23.1 Å². The first kappa shape index (κ1) is 18.3. The average molecular weight is 433 g/mol. The van der Waals surface area contributed by atoms with E-state index in [1.54, 1.807) is 11.3 Å². The van der Waals surface area contributed by atoms with Gasteiger partial charge in [-0.25, -0.2) is 0 Å². The van der Waals surface area contributed by atoms with Crippen LogP contribution < -0.4 is 10.3 Å². The minimum atomic E-state index is 0.0841. The first-order valence-electron chi connectivity index (χ1n) is 9.45. The van der Waals surface area contributed by atoms with E-state index in [1.165, 1.54) is 9.77 Å². The van der Waals surface area contributed by atoms with Gasteiger partial charge in [0.25, 0.3) is 5.91 Å². The number of halogens is 1. The van der Waals surface area contributed by atoms with Crippen molar-refractivity contribution in [3.05, 3.63) is 45.8 Å². The van der Waals surface area contributed by atoms with Crippen LogP contribution in [0.5, 0.6) is 0 Å². The van der Waals surface area contributed by atoms with Crippen molar-refractivity contribution in [2.75, 3.05) is 36.8 Å². The molecule has 28 heavy (non-hydrogen) atoms. The van der Waals surface area contributed by atoms with E-state index in [0.717, 1.165) is 35.1 Å². The summed E-state index contributed by atoms with van der Waals surface area (Å²) in [5.41, 5.74) is 7.42. The third-order valence-corrected chi connectivity index (χ3v) is 8.57. The highest BCUT2D eigenvalue weighted by atomic mass is 35.5. The van der Waals surface area contributed by atoms with Gasteiger partial charge in [-0.05, 0) is 36.1 Å². The number of hydrogen-bond donors (Lipinski definition) is 1. The highest BCUT2D eigenvalue weighted by molar-refractivity contribution is 8.01. The molecular weight excluding hydrogens is 412 g/mol. The number of carbonyl (C=O) groups excluding carboxylic acids is 1. The molecule has 2 unspecified atom stereocenters. The number of nitrogens with zero attached hydrogens (tertiary/aromatic N) is 3. The molecule has 0 spiro atoms. The Morgan fingerprint density at radius 1 is 1.25 bits per heavy atom. The second-order valence-corrected chi connectivity index (χ2v) is 10.0. The maximum atomic E-state index is 13.2. The Balaban J connectivity index is 1.25. The Kier molecular flexibility index (Phi) is 4.77. The monoisotopic (exact) mass is 432 g/mol. The summed E-state index contributed by atoms with van der Waals surface area (Å²) in [6.45, 7) is 5.04. The first-order valence-corrected chi connectivity index (χ1v) is 11.7. The number of fused-ring (bicyclic) bond motifs is 3. The number of aryl methyl sites for hydroxylation is 1. The lowest BCUT2D eigenvalue weighted by atomic mass is 9.92. The smallest absolute Gasteiger partial charge is 0.270 e. The third-order valence-electron chi connectivity index (χ3n) is 5.77. The number of thiophene rings is 1. The number of hydrogen-bond acceptors (Lipinski definition) is 6. The largest absolute Gasteiger partial charge is 0.368 e. The molecule has 0 saturated carbocycles. The molecule has 5 nitrogen and oxygen atoms in total. The molecule has 1 aromatic carbocycles. The molecular formula is C20H21ClN4OS2. The number of carbonyl (C=O) groups is 1. The molecule has 0 aliphatic carbocycles. The number of piperazine rings is 1. The molecule has 0 bridgehead atoms. The molecule has 3 aliphatic rings. The van der Waals surface area contributed by atoms with Gasteiger partial charge < -0.3 is 15.2 Å². The molecule has 1 fully saturated rings. The van der Waals surface area contributed by atoms with Crippen molar-refractivity contribution in [3.8, 4) is 0 Å². The molecule has 1 aromatic heterocycles. The molecule has 4 heterocycles. The molecule has 8 heteroatoms. The standard InChI is InChI=1S/C20H21ClN4OS2/c1-12-2-3-13(10-16(12)21)24-5-7-25(8-6-24)19(26)18-15-11-28-20-14(4-9-27-20)17(15)22-23-18/h2-4,9-10,15,17,22H,5-8,11H2,1H3. The van der Waals surface area contributed by atoms with E-state index in [2.05, 4.69) is 32.9 Å². The second-order valence-electron chi connectivity index (χ2n) is 7.40. The van der Waals surface area contributed by atoms with Gasteiger partial charge in [0.05, 0.1) is 10.3 Å². The number of rotatable bonds is 2. The van der Waals surface area contributed by atoms with Crippen LogP contribution in [-0.4, -0.2) is 48.5 Å². The van der Waals surface area contributed by atoms with Crippen LogP contribution in [0.15, 0.2) is 39.0 Å². The Morgan fingerprint density at radius 2 is 2.07 bits per heavy atom. The number of hydrazone groups is 1. The molecule has 1 saturated heterocycles. The van der Waals surface area contributed by atoms with Gasteiger partial charge in [0, 0.05) is 54.1 Å². The predicted octanol–water partition coefficient (Wildman–Crippen LogP) is 3.78. The zero-order chi connectivity index (χ0) is 19.3. The van der Waals surface area contributed by atoms with Gasteiger partial charge in [0.1, 0.15) is 5.71 Å². The average Bonchev–Trinajstić information content (AvgIpc) is 3.36. The SMILES string of the molecule is Cc1ccc(N2CCN(C(=O)C3=NNC4c5ccsc5SCC34)CC2)cc1Cl. The van der Waals surface area contributed by atoms with Crippen LogP contribution >= 0.6 is 34.7 Å². The van der Waals surface area contributed by atoms with Crippen LogP contribution in [0.3, 0.4) is 0 Å². The van der Waals surface area contributed by atoms with Crippen molar-refractivity contribution in [1.82, 2.24) is 10.3 Å². The van der Waals surface area contributed by atoms with Gasteiger partial charge >= 0.3 is 0 Å². The summed E-state index contributed by atoms with van der Waals surface area (Å²) >= 11 is 9.90. The van der Waals surface area contributed by atoms with Crippen molar-refractivity contribution in [1.29, 1.82) is 0 Å². The van der Waals surface area contributed by atoms with Crippen LogP contribution in [-0.2, 0) is 4.79 Å². The van der Waals surface area contributed by atoms with Gasteiger partial charge in [0.15, 0.2) is 0 Å². The normalized spacial score (nSPS) is 23.7. The number of anilines is 1. The molecule has 2 atom stereocenters. The third kappa shape index (κ3) is 3.09. The molecule has 146 valence electrons. The first-order chi connectivity index (χ1) is 13.6. The van der Waals surface area contributed by atoms with Crippen molar-refractivity contribution < 1.29 is 4.79 Å². The van der Waals surface area contributed by atoms with Crippen LogP contribution in [0.4, 0.5) is 5.69 Å². The number of nitrogens with one attached hydrogen (secondary N) is 1. The fourth-order valence-electron chi connectivity index (χ4n) is 4.06. The zero-order valence-electron chi connectivity index (χ0n) is 15.5. The van der Waals surface area contributed by atoms with Crippen molar-refractivity contribution in [2.24, 2.45) is 11.0 Å². The lowest BCUT2D eigenvalue weighted by Crippen LogP contribution is -2.51. The van der Waals surface area contributed by atoms with E-state index >= 15 is 0 Å². The van der Waals surface area contributed by atoms with E-state index in [9.17, 15) is 4.79 Å². The predicted molar refractivity (Wildman–Crippen MR) is 117 cm³/mol. The quantitative estimate of drug-likeness (QED) is 0.784. The Hall–Kier alpha value is -1.70. The zero-order valence-corrected chi connectivity index (χ0v) is 17.9. The van der Waals surface area contributed by atoms with Crippen LogP contribution in [0.1, 0.15) is 17.2 Å². The summed E-state index contributed by atoms with van der Waals surface area (Å²) in [4.78, 5) is 17.4. The van der Waals surface area contributed by atoms with Crippen LogP contribution in [0.2, 0.25) is 5.02 Å². The summed E-state index contributed by atoms with van der Waals surface area (Å²) in [7, 11) is 0. The lowest BCUT2D eigenvalue weighted by molar-refractivity contribution is -0.124. The minimum Gasteiger partial charge on any atom is -0.368 e. The number of amides is 1. The van der Waals surface area contributed by atoms with Gasteiger partial charge in [-0.3, -0.25) is 4.79 Å². The lowest BCUT2D eigenvalue weighted by Gasteiger charge is -2.37. The number of benzene rings is 1. The molecule has 1 amide bonds. The minimum absolute atomic E-state index is 0.0841. The fraction of sp³-hybridized carbons (Fsp3) is 0.400. The number of thioether (sulfide) groups is 1. The summed E-state index contributed by atoms with van der Waals surface area (Å²) < 4.78 is 1.35. The summed E-state index contributed by atoms with van der Waals surface area (Å²) in [6, 6.07) is 8.48. The van der Waals surface area contributed by atoms with E-state index in [1.807, 2.05) is 35.7 Å². The van der Waals surface area contributed by atoms with Crippen molar-refractivity contribution in [3.63, 3.8) is 0 Å². The molecule has 5 rings (SSSR count). The Bertz CT molecular complexity index is 951. The van der Waals surface area contributed by atoms with E-state index < -0.39 is 0 Å². The van der Waals surface area contributed by atoms with Crippen LogP contribution in [0, 0.1) is 12.8 Å². The van der Waals surface area contributed by atoms with Crippen LogP contribution in [0.25, 0.3) is 0 Å². The van der Waals surface area contributed by atoms with E-state index in [-0.39, 0.29) is 17.9 Å². The van der Waals surface area contributed by atoms with Gasteiger partial charge in [0.2, 0.25) is 0 Å². The molecule has 2 aromatic rings. The highest BCUT2D eigenvalue weighted by Gasteiger charge is 2.42. The maximum absolute atomic E-state index is 13.2. The summed E-state index contributed by atoms with van der Waals surface area (Å²) in [5, 5.41) is 7.38. The summed E-state index contributed by atoms with van der Waals surface area (Å²) in [5.74, 6) is 1.16. The summed E-state index contributed by atoms with van der Waals surface area (Å²) in [6.07, 6.45) is 0. The van der Waals surface area contributed by atoms with E-state index in [0.29, 0.717) is 18.8 Å². The van der Waals surface area contributed by atoms with Crippen molar-refractivity contribution in [2.45, 2.75) is 17.2 Å². The fourth-order valence-corrected chi connectivity index (χ4v) is 6.59. The molecule has 0 radical (unpaired) electrons. The van der Waals surface area contributed by atoms with Gasteiger partial charge in [-0.2, -0.15) is 5.10 Å². The maximum Gasteiger partial charge on any atom is 0.270 e. The highest BCUT2D eigenvalue weighted by Crippen LogP contribution is 2.45. The van der Waals surface area contributed by atoms with E-state index in [4.69, 9.17) is 11.6 Å². The van der Waals surface area contributed by atoms with Crippen molar-refractivity contribution >= 4 is 52.0 Å². The van der Waals surface area contributed by atoms with Gasteiger partial charge in [-0.1, -0.05) is 17.7 Å². The molecule has 1 N–H and O–H groups in total.